The molecule has 82 valence electrons. The molecule has 1 aliphatic rings. The zero-order valence-corrected chi connectivity index (χ0v) is 8.84. The van der Waals surface area contributed by atoms with Gasteiger partial charge in [-0.05, 0) is 31.7 Å². The molecule has 1 atom stereocenters. The highest BCUT2D eigenvalue weighted by atomic mass is 16.3. The lowest BCUT2D eigenvalue weighted by Gasteiger charge is -2.36. The molecule has 1 unspecified atom stereocenters. The van der Waals surface area contributed by atoms with E-state index in [1.807, 2.05) is 6.07 Å². The Balaban J connectivity index is 2.11. The fourth-order valence-corrected chi connectivity index (χ4v) is 2.20. The van der Waals surface area contributed by atoms with E-state index in [-0.39, 0.29) is 6.61 Å². The van der Waals surface area contributed by atoms with Gasteiger partial charge in [-0.1, -0.05) is 0 Å². The minimum Gasteiger partial charge on any atom is -0.396 e. The molecular formula is C11H17N3O. The van der Waals surface area contributed by atoms with Crippen LogP contribution in [-0.4, -0.2) is 34.3 Å². The van der Waals surface area contributed by atoms with E-state index < -0.39 is 0 Å². The van der Waals surface area contributed by atoms with Gasteiger partial charge in [0.15, 0.2) is 0 Å². The average molecular weight is 207 g/mol. The molecule has 1 N–H and O–H groups in total. The number of aliphatic hydroxyl groups is 1. The van der Waals surface area contributed by atoms with Crippen molar-refractivity contribution in [1.82, 2.24) is 9.97 Å². The molecule has 0 radical (unpaired) electrons. The van der Waals surface area contributed by atoms with Crippen LogP contribution in [0.4, 0.5) is 5.82 Å². The number of aromatic nitrogens is 2. The van der Waals surface area contributed by atoms with Crippen molar-refractivity contribution in [3.8, 4) is 0 Å². The predicted molar refractivity (Wildman–Crippen MR) is 58.7 cm³/mol. The summed E-state index contributed by atoms with van der Waals surface area (Å²) in [6.45, 7) is 1.30. The summed E-state index contributed by atoms with van der Waals surface area (Å²) in [6, 6.07) is 2.38. The zero-order valence-electron chi connectivity index (χ0n) is 8.84. The Hall–Kier alpha value is -1.16. The largest absolute Gasteiger partial charge is 0.396 e. The second-order valence-electron chi connectivity index (χ2n) is 3.92. The number of nitrogens with zero attached hydrogens (tertiary/aromatic N) is 3. The van der Waals surface area contributed by atoms with Crippen LogP contribution in [0.1, 0.15) is 25.7 Å². The highest BCUT2D eigenvalue weighted by Crippen LogP contribution is 2.24. The maximum atomic E-state index is 9.02. The van der Waals surface area contributed by atoms with Crippen molar-refractivity contribution in [1.29, 1.82) is 0 Å². The SMILES string of the molecule is OCCC1CCCCN1c1ccncn1. The van der Waals surface area contributed by atoms with E-state index in [9.17, 15) is 0 Å². The normalized spacial score (nSPS) is 21.7. The average Bonchev–Trinajstić information content (AvgIpc) is 2.31. The Kier molecular flexibility index (Phi) is 3.50. The maximum Gasteiger partial charge on any atom is 0.132 e. The molecule has 0 spiro atoms. The fourth-order valence-electron chi connectivity index (χ4n) is 2.20. The first-order valence-electron chi connectivity index (χ1n) is 5.55. The lowest BCUT2D eigenvalue weighted by atomic mass is 10.00. The van der Waals surface area contributed by atoms with E-state index in [2.05, 4.69) is 14.9 Å². The molecule has 1 aliphatic heterocycles. The van der Waals surface area contributed by atoms with Gasteiger partial charge in [0.2, 0.25) is 0 Å². The van der Waals surface area contributed by atoms with Crippen molar-refractivity contribution >= 4 is 5.82 Å². The molecule has 2 heterocycles. The quantitative estimate of drug-likeness (QED) is 0.809. The molecule has 0 aliphatic carbocycles. The Morgan fingerprint density at radius 1 is 1.47 bits per heavy atom. The van der Waals surface area contributed by atoms with Crippen LogP contribution >= 0.6 is 0 Å². The molecule has 4 nitrogen and oxygen atoms in total. The zero-order chi connectivity index (χ0) is 10.5. The summed E-state index contributed by atoms with van der Waals surface area (Å²) < 4.78 is 0. The third kappa shape index (κ3) is 2.45. The minimum absolute atomic E-state index is 0.256. The van der Waals surface area contributed by atoms with E-state index in [0.29, 0.717) is 6.04 Å². The van der Waals surface area contributed by atoms with Crippen molar-refractivity contribution in [3.63, 3.8) is 0 Å². The molecule has 15 heavy (non-hydrogen) atoms. The van der Waals surface area contributed by atoms with Crippen LogP contribution in [0.3, 0.4) is 0 Å². The van der Waals surface area contributed by atoms with Crippen molar-refractivity contribution in [2.75, 3.05) is 18.1 Å². The molecule has 1 fully saturated rings. The Bertz CT molecular complexity index is 289. The molecule has 0 aromatic carbocycles. The first-order valence-corrected chi connectivity index (χ1v) is 5.55. The number of aliphatic hydroxyl groups excluding tert-OH is 1. The van der Waals surface area contributed by atoms with Crippen LogP contribution in [0.2, 0.25) is 0 Å². The van der Waals surface area contributed by atoms with E-state index in [4.69, 9.17) is 5.11 Å². The second-order valence-corrected chi connectivity index (χ2v) is 3.92. The minimum atomic E-state index is 0.256. The molecule has 4 heteroatoms. The monoisotopic (exact) mass is 207 g/mol. The highest BCUT2D eigenvalue weighted by molar-refractivity contribution is 5.38. The highest BCUT2D eigenvalue weighted by Gasteiger charge is 2.22. The van der Waals surface area contributed by atoms with Gasteiger partial charge in [0.1, 0.15) is 12.1 Å². The van der Waals surface area contributed by atoms with Gasteiger partial charge in [-0.25, -0.2) is 9.97 Å². The summed E-state index contributed by atoms with van der Waals surface area (Å²) in [7, 11) is 0. The first-order chi connectivity index (χ1) is 7.42. The summed E-state index contributed by atoms with van der Waals surface area (Å²) in [6.07, 6.45) is 7.82. The standard InChI is InChI=1S/C11H17N3O/c15-8-5-10-3-1-2-7-14(10)11-4-6-12-9-13-11/h4,6,9-10,15H,1-3,5,7-8H2. The van der Waals surface area contributed by atoms with Crippen LogP contribution in [0.25, 0.3) is 0 Å². The second kappa shape index (κ2) is 5.07. The summed E-state index contributed by atoms with van der Waals surface area (Å²) in [4.78, 5) is 10.5. The lowest BCUT2D eigenvalue weighted by molar-refractivity contribution is 0.262. The van der Waals surface area contributed by atoms with E-state index in [0.717, 1.165) is 25.2 Å². The van der Waals surface area contributed by atoms with Crippen LogP contribution in [0.15, 0.2) is 18.6 Å². The van der Waals surface area contributed by atoms with E-state index in [1.165, 1.54) is 12.8 Å². The molecule has 0 amide bonds. The van der Waals surface area contributed by atoms with Gasteiger partial charge in [-0.2, -0.15) is 0 Å². The van der Waals surface area contributed by atoms with Gasteiger partial charge in [-0.15, -0.1) is 0 Å². The number of hydrogen-bond acceptors (Lipinski definition) is 4. The molecule has 0 bridgehead atoms. The number of rotatable bonds is 3. The van der Waals surface area contributed by atoms with E-state index >= 15 is 0 Å². The molecule has 1 saturated heterocycles. The van der Waals surface area contributed by atoms with Crippen molar-refractivity contribution < 1.29 is 5.11 Å². The third-order valence-corrected chi connectivity index (χ3v) is 2.95. The van der Waals surface area contributed by atoms with Crippen LogP contribution < -0.4 is 4.90 Å². The summed E-state index contributed by atoms with van der Waals surface area (Å²) >= 11 is 0. The van der Waals surface area contributed by atoms with Crippen molar-refractivity contribution in [2.45, 2.75) is 31.7 Å². The third-order valence-electron chi connectivity index (χ3n) is 2.95. The smallest absolute Gasteiger partial charge is 0.132 e. The molecule has 2 rings (SSSR count). The number of anilines is 1. The molecule has 1 aromatic heterocycles. The van der Waals surface area contributed by atoms with Crippen LogP contribution in [0, 0.1) is 0 Å². The Morgan fingerprint density at radius 2 is 2.40 bits per heavy atom. The first kappa shape index (κ1) is 10.4. The number of hydrogen-bond donors (Lipinski definition) is 1. The Morgan fingerprint density at radius 3 is 3.13 bits per heavy atom. The lowest BCUT2D eigenvalue weighted by Crippen LogP contribution is -2.40. The topological polar surface area (TPSA) is 49.2 Å². The molecular weight excluding hydrogens is 190 g/mol. The molecule has 0 saturated carbocycles. The van der Waals surface area contributed by atoms with Gasteiger partial charge in [0, 0.05) is 25.4 Å². The number of piperidine rings is 1. The van der Waals surface area contributed by atoms with Gasteiger partial charge >= 0.3 is 0 Å². The Labute approximate surface area is 90.0 Å². The van der Waals surface area contributed by atoms with Gasteiger partial charge in [0.25, 0.3) is 0 Å². The van der Waals surface area contributed by atoms with Crippen LogP contribution in [-0.2, 0) is 0 Å². The van der Waals surface area contributed by atoms with Crippen molar-refractivity contribution in [3.05, 3.63) is 18.6 Å². The fraction of sp³-hybridized carbons (Fsp3) is 0.636. The van der Waals surface area contributed by atoms with Gasteiger partial charge in [-0.3, -0.25) is 0 Å². The van der Waals surface area contributed by atoms with Gasteiger partial charge in [0.05, 0.1) is 0 Å². The predicted octanol–water partition coefficient (Wildman–Crippen LogP) is 1.22. The summed E-state index contributed by atoms with van der Waals surface area (Å²) in [5.41, 5.74) is 0. The summed E-state index contributed by atoms with van der Waals surface area (Å²) in [5.74, 6) is 0.989. The maximum absolute atomic E-state index is 9.02. The molecule has 1 aromatic rings. The van der Waals surface area contributed by atoms with Crippen molar-refractivity contribution in [2.24, 2.45) is 0 Å². The van der Waals surface area contributed by atoms with Crippen LogP contribution in [0.5, 0.6) is 0 Å². The van der Waals surface area contributed by atoms with Gasteiger partial charge < -0.3 is 10.0 Å². The summed E-state index contributed by atoms with van der Waals surface area (Å²) in [5, 5.41) is 9.02. The van der Waals surface area contributed by atoms with E-state index in [1.54, 1.807) is 12.5 Å².